The molecule has 0 bridgehead atoms. The Morgan fingerprint density at radius 1 is 1.14 bits per heavy atom. The molecule has 1 fully saturated rings. The molecule has 1 atom stereocenters. The summed E-state index contributed by atoms with van der Waals surface area (Å²) in [4.78, 5) is 2.53. The Bertz CT molecular complexity index is 372. The predicted molar refractivity (Wildman–Crippen MR) is 88.5 cm³/mol. The van der Waals surface area contributed by atoms with Gasteiger partial charge in [-0.05, 0) is 44.0 Å². The van der Waals surface area contributed by atoms with Crippen LogP contribution >= 0.6 is 0 Å². The van der Waals surface area contributed by atoms with E-state index in [1.54, 1.807) is 0 Å². The lowest BCUT2D eigenvalue weighted by molar-refractivity contribution is 0.0656. The Morgan fingerprint density at radius 3 is 2.43 bits per heavy atom. The van der Waals surface area contributed by atoms with E-state index in [1.807, 2.05) is 0 Å². The highest BCUT2D eigenvalue weighted by atomic mass is 16.5. The van der Waals surface area contributed by atoms with Gasteiger partial charge < -0.3 is 10.1 Å². The van der Waals surface area contributed by atoms with Crippen LogP contribution in [0.15, 0.2) is 30.3 Å². The first kappa shape index (κ1) is 16.5. The highest BCUT2D eigenvalue weighted by Crippen LogP contribution is 2.20. The van der Waals surface area contributed by atoms with Gasteiger partial charge >= 0.3 is 0 Å². The molecule has 21 heavy (non-hydrogen) atoms. The third kappa shape index (κ3) is 5.10. The minimum Gasteiger partial charge on any atom is -0.381 e. The molecule has 1 aliphatic rings. The van der Waals surface area contributed by atoms with Gasteiger partial charge in [0.1, 0.15) is 0 Å². The molecule has 0 spiro atoms. The SMILES string of the molecule is CCN(CC)C(CNCC1CCOCC1)c1ccccc1. The van der Waals surface area contributed by atoms with Crippen molar-refractivity contribution in [2.45, 2.75) is 32.7 Å². The second-order valence-corrected chi connectivity index (χ2v) is 5.86. The van der Waals surface area contributed by atoms with E-state index >= 15 is 0 Å². The zero-order chi connectivity index (χ0) is 14.9. The number of hydrogen-bond donors (Lipinski definition) is 1. The van der Waals surface area contributed by atoms with Crippen molar-refractivity contribution in [3.63, 3.8) is 0 Å². The van der Waals surface area contributed by atoms with Crippen molar-refractivity contribution in [2.24, 2.45) is 5.92 Å². The van der Waals surface area contributed by atoms with Gasteiger partial charge in [0.15, 0.2) is 0 Å². The molecule has 0 aliphatic carbocycles. The zero-order valence-electron chi connectivity index (χ0n) is 13.6. The van der Waals surface area contributed by atoms with Crippen LogP contribution in [-0.2, 0) is 4.74 Å². The molecule has 1 heterocycles. The summed E-state index contributed by atoms with van der Waals surface area (Å²) in [6.07, 6.45) is 2.41. The second kappa shape index (κ2) is 9.19. The van der Waals surface area contributed by atoms with Crippen LogP contribution in [0.3, 0.4) is 0 Å². The van der Waals surface area contributed by atoms with E-state index in [-0.39, 0.29) is 0 Å². The minimum atomic E-state index is 0.473. The molecule has 0 saturated carbocycles. The second-order valence-electron chi connectivity index (χ2n) is 5.86. The molecule has 118 valence electrons. The van der Waals surface area contributed by atoms with Crippen molar-refractivity contribution in [1.82, 2.24) is 10.2 Å². The maximum atomic E-state index is 5.43. The molecular weight excluding hydrogens is 260 g/mol. The Hall–Kier alpha value is -0.900. The van der Waals surface area contributed by atoms with E-state index in [2.05, 4.69) is 54.4 Å². The van der Waals surface area contributed by atoms with Crippen molar-refractivity contribution in [2.75, 3.05) is 39.4 Å². The van der Waals surface area contributed by atoms with Crippen molar-refractivity contribution in [3.8, 4) is 0 Å². The normalized spacial score (nSPS) is 18.0. The van der Waals surface area contributed by atoms with Gasteiger partial charge in [-0.25, -0.2) is 0 Å². The van der Waals surface area contributed by atoms with Crippen molar-refractivity contribution < 1.29 is 4.74 Å². The molecule has 1 N–H and O–H groups in total. The smallest absolute Gasteiger partial charge is 0.0472 e. The number of likely N-dealkylation sites (N-methyl/N-ethyl adjacent to an activating group) is 1. The van der Waals surface area contributed by atoms with Gasteiger partial charge in [-0.15, -0.1) is 0 Å². The minimum absolute atomic E-state index is 0.473. The lowest BCUT2D eigenvalue weighted by Gasteiger charge is -2.31. The van der Waals surface area contributed by atoms with Crippen LogP contribution in [0, 0.1) is 5.92 Å². The fourth-order valence-corrected chi connectivity index (χ4v) is 3.17. The molecule has 0 aromatic heterocycles. The molecule has 1 saturated heterocycles. The molecule has 0 radical (unpaired) electrons. The van der Waals surface area contributed by atoms with Crippen LogP contribution in [0.1, 0.15) is 38.3 Å². The summed E-state index contributed by atoms with van der Waals surface area (Å²) >= 11 is 0. The van der Waals surface area contributed by atoms with Gasteiger partial charge in [0.25, 0.3) is 0 Å². The first-order valence-corrected chi connectivity index (χ1v) is 8.42. The highest BCUT2D eigenvalue weighted by molar-refractivity contribution is 5.19. The van der Waals surface area contributed by atoms with Gasteiger partial charge in [-0.2, -0.15) is 0 Å². The average molecular weight is 290 g/mol. The van der Waals surface area contributed by atoms with Crippen molar-refractivity contribution in [3.05, 3.63) is 35.9 Å². The number of hydrogen-bond acceptors (Lipinski definition) is 3. The summed E-state index contributed by atoms with van der Waals surface area (Å²) in [5.41, 5.74) is 1.42. The summed E-state index contributed by atoms with van der Waals surface area (Å²) in [5.74, 6) is 0.784. The Labute approximate surface area is 129 Å². The molecule has 1 aliphatic heterocycles. The number of rotatable bonds is 8. The highest BCUT2D eigenvalue weighted by Gasteiger charge is 2.19. The van der Waals surface area contributed by atoms with Crippen LogP contribution < -0.4 is 5.32 Å². The molecule has 2 rings (SSSR count). The van der Waals surface area contributed by atoms with E-state index in [1.165, 1.54) is 18.4 Å². The first-order valence-electron chi connectivity index (χ1n) is 8.42. The Kier molecular flexibility index (Phi) is 7.20. The molecule has 1 aromatic rings. The summed E-state index contributed by atoms with van der Waals surface area (Å²) in [7, 11) is 0. The van der Waals surface area contributed by atoms with Crippen LogP contribution in [0.2, 0.25) is 0 Å². The quantitative estimate of drug-likeness (QED) is 0.796. The van der Waals surface area contributed by atoms with Gasteiger partial charge in [0, 0.05) is 25.8 Å². The summed E-state index contributed by atoms with van der Waals surface area (Å²) < 4.78 is 5.43. The van der Waals surface area contributed by atoms with E-state index in [4.69, 9.17) is 4.74 Å². The molecule has 0 amide bonds. The third-order valence-corrected chi connectivity index (χ3v) is 4.55. The Morgan fingerprint density at radius 2 is 1.81 bits per heavy atom. The largest absolute Gasteiger partial charge is 0.381 e. The summed E-state index contributed by atoms with van der Waals surface area (Å²) in [6.45, 7) is 10.7. The number of nitrogens with zero attached hydrogens (tertiary/aromatic N) is 1. The molecule has 1 aromatic carbocycles. The van der Waals surface area contributed by atoms with Gasteiger partial charge in [-0.1, -0.05) is 44.2 Å². The van der Waals surface area contributed by atoms with E-state index in [9.17, 15) is 0 Å². The van der Waals surface area contributed by atoms with E-state index < -0.39 is 0 Å². The lowest BCUT2D eigenvalue weighted by Crippen LogP contribution is -2.38. The number of nitrogens with one attached hydrogen (secondary N) is 1. The summed E-state index contributed by atoms with van der Waals surface area (Å²) in [5, 5.41) is 3.71. The average Bonchev–Trinajstić information content (AvgIpc) is 2.56. The number of benzene rings is 1. The van der Waals surface area contributed by atoms with E-state index in [0.717, 1.165) is 45.3 Å². The molecule has 1 unspecified atom stereocenters. The van der Waals surface area contributed by atoms with Crippen LogP contribution in [0.5, 0.6) is 0 Å². The van der Waals surface area contributed by atoms with Crippen LogP contribution in [-0.4, -0.2) is 44.3 Å². The van der Waals surface area contributed by atoms with Crippen molar-refractivity contribution in [1.29, 1.82) is 0 Å². The fraction of sp³-hybridized carbons (Fsp3) is 0.667. The van der Waals surface area contributed by atoms with Gasteiger partial charge in [-0.3, -0.25) is 4.90 Å². The fourth-order valence-electron chi connectivity index (χ4n) is 3.17. The summed E-state index contributed by atoms with van der Waals surface area (Å²) in [6, 6.07) is 11.4. The lowest BCUT2D eigenvalue weighted by atomic mass is 10.00. The standard InChI is InChI=1S/C18H30N2O/c1-3-20(4-2)18(17-8-6-5-7-9-17)15-19-14-16-10-12-21-13-11-16/h5-9,16,18-19H,3-4,10-15H2,1-2H3. The van der Waals surface area contributed by atoms with Gasteiger partial charge in [0.05, 0.1) is 0 Å². The van der Waals surface area contributed by atoms with Crippen LogP contribution in [0.25, 0.3) is 0 Å². The topological polar surface area (TPSA) is 24.5 Å². The molecular formula is C18H30N2O. The maximum absolute atomic E-state index is 5.43. The van der Waals surface area contributed by atoms with Crippen molar-refractivity contribution >= 4 is 0 Å². The first-order chi connectivity index (χ1) is 10.3. The third-order valence-electron chi connectivity index (χ3n) is 4.55. The maximum Gasteiger partial charge on any atom is 0.0472 e. The Balaban J connectivity index is 1.89. The molecule has 3 heteroatoms. The van der Waals surface area contributed by atoms with Crippen LogP contribution in [0.4, 0.5) is 0 Å². The van der Waals surface area contributed by atoms with Gasteiger partial charge in [0.2, 0.25) is 0 Å². The number of ether oxygens (including phenoxy) is 1. The monoisotopic (exact) mass is 290 g/mol. The zero-order valence-corrected chi connectivity index (χ0v) is 13.6. The predicted octanol–water partition coefficient (Wildman–Crippen LogP) is 3.09. The van der Waals surface area contributed by atoms with E-state index in [0.29, 0.717) is 6.04 Å². The molecule has 3 nitrogen and oxygen atoms in total.